The maximum atomic E-state index is 13.3. The molecule has 0 bridgehead atoms. The van der Waals surface area contributed by atoms with Gasteiger partial charge in [-0.25, -0.2) is 4.39 Å². The molecule has 0 radical (unpaired) electrons. The van der Waals surface area contributed by atoms with Crippen LogP contribution in [0, 0.1) is 5.82 Å². The molecule has 1 aromatic carbocycles. The lowest BCUT2D eigenvalue weighted by atomic mass is 10.1. The normalized spacial score (nSPS) is 15.9. The van der Waals surface area contributed by atoms with E-state index in [-0.39, 0.29) is 12.2 Å². The molecule has 1 heterocycles. The van der Waals surface area contributed by atoms with Crippen LogP contribution in [0.1, 0.15) is 5.56 Å². The Morgan fingerprint density at radius 2 is 2.12 bits per heavy atom. The molecule has 1 aromatic rings. The van der Waals surface area contributed by atoms with Crippen molar-refractivity contribution in [1.29, 1.82) is 0 Å². The summed E-state index contributed by atoms with van der Waals surface area (Å²) in [5.41, 5.74) is 6.69. The maximum absolute atomic E-state index is 13.3. The first-order chi connectivity index (χ1) is 8.16. The van der Waals surface area contributed by atoms with Crippen LogP contribution < -0.4 is 10.6 Å². The van der Waals surface area contributed by atoms with Gasteiger partial charge < -0.3 is 15.4 Å². The van der Waals surface area contributed by atoms with E-state index in [1.54, 1.807) is 6.07 Å². The lowest BCUT2D eigenvalue weighted by Gasteiger charge is -2.30. The molecule has 1 aliphatic rings. The van der Waals surface area contributed by atoms with Crippen molar-refractivity contribution < 1.29 is 13.9 Å². The predicted octanol–water partition coefficient (Wildman–Crippen LogP) is 0.690. The van der Waals surface area contributed by atoms with Crippen molar-refractivity contribution in [3.05, 3.63) is 29.6 Å². The molecule has 0 saturated carbocycles. The van der Waals surface area contributed by atoms with E-state index in [9.17, 15) is 9.18 Å². The summed E-state index contributed by atoms with van der Waals surface area (Å²) in [6.45, 7) is 2.64. The van der Waals surface area contributed by atoms with E-state index in [4.69, 9.17) is 10.5 Å². The molecule has 2 N–H and O–H groups in total. The van der Waals surface area contributed by atoms with E-state index < -0.39 is 5.91 Å². The number of rotatable bonds is 3. The van der Waals surface area contributed by atoms with Gasteiger partial charge in [0.15, 0.2) is 0 Å². The highest BCUT2D eigenvalue weighted by Crippen LogP contribution is 2.23. The SMILES string of the molecule is NC(=O)Cc1ccc(F)cc1N1CCOCC1. The number of amides is 1. The maximum Gasteiger partial charge on any atom is 0.221 e. The number of nitrogens with zero attached hydrogens (tertiary/aromatic N) is 1. The highest BCUT2D eigenvalue weighted by atomic mass is 19.1. The minimum absolute atomic E-state index is 0.132. The van der Waals surface area contributed by atoms with Gasteiger partial charge in [-0.2, -0.15) is 0 Å². The smallest absolute Gasteiger partial charge is 0.221 e. The molecule has 92 valence electrons. The van der Waals surface area contributed by atoms with Crippen molar-refractivity contribution in [3.63, 3.8) is 0 Å². The van der Waals surface area contributed by atoms with E-state index in [0.717, 1.165) is 11.3 Å². The summed E-state index contributed by atoms with van der Waals surface area (Å²) >= 11 is 0. The molecule has 1 amide bonds. The van der Waals surface area contributed by atoms with Crippen molar-refractivity contribution >= 4 is 11.6 Å². The van der Waals surface area contributed by atoms with Gasteiger partial charge >= 0.3 is 0 Å². The van der Waals surface area contributed by atoms with Crippen LogP contribution in [0.15, 0.2) is 18.2 Å². The molecule has 2 rings (SSSR count). The average molecular weight is 238 g/mol. The van der Waals surface area contributed by atoms with E-state index >= 15 is 0 Å². The Balaban J connectivity index is 2.28. The van der Waals surface area contributed by atoms with Crippen molar-refractivity contribution in [1.82, 2.24) is 0 Å². The minimum Gasteiger partial charge on any atom is -0.378 e. The van der Waals surface area contributed by atoms with Crippen LogP contribution in [-0.4, -0.2) is 32.2 Å². The molecule has 1 fully saturated rings. The van der Waals surface area contributed by atoms with Gasteiger partial charge in [0.25, 0.3) is 0 Å². The molecule has 0 atom stereocenters. The zero-order valence-corrected chi connectivity index (χ0v) is 9.49. The summed E-state index contributed by atoms with van der Waals surface area (Å²) in [5, 5.41) is 0. The number of hydrogen-bond donors (Lipinski definition) is 1. The lowest BCUT2D eigenvalue weighted by molar-refractivity contribution is -0.117. The fourth-order valence-electron chi connectivity index (χ4n) is 1.97. The summed E-state index contributed by atoms with van der Waals surface area (Å²) in [6.07, 6.45) is 0.132. The van der Waals surface area contributed by atoms with Crippen LogP contribution in [0.2, 0.25) is 0 Å². The minimum atomic E-state index is -0.411. The van der Waals surface area contributed by atoms with E-state index in [2.05, 4.69) is 0 Å². The summed E-state index contributed by atoms with van der Waals surface area (Å²) in [7, 11) is 0. The number of carbonyl (C=O) groups excluding carboxylic acids is 1. The number of benzene rings is 1. The van der Waals surface area contributed by atoms with Gasteiger partial charge in [-0.05, 0) is 17.7 Å². The van der Waals surface area contributed by atoms with Crippen LogP contribution in [0.5, 0.6) is 0 Å². The lowest BCUT2D eigenvalue weighted by Crippen LogP contribution is -2.37. The molecule has 1 saturated heterocycles. The first-order valence-corrected chi connectivity index (χ1v) is 5.56. The Labute approximate surface area is 99.2 Å². The van der Waals surface area contributed by atoms with Crippen molar-refractivity contribution in [2.75, 3.05) is 31.2 Å². The molecular formula is C12H15FN2O2. The second kappa shape index (κ2) is 5.14. The molecule has 0 aromatic heterocycles. The van der Waals surface area contributed by atoms with Gasteiger partial charge in [-0.1, -0.05) is 6.07 Å². The fraction of sp³-hybridized carbons (Fsp3) is 0.417. The molecule has 0 aliphatic carbocycles. The number of carbonyl (C=O) groups is 1. The number of hydrogen-bond acceptors (Lipinski definition) is 3. The second-order valence-electron chi connectivity index (χ2n) is 4.02. The van der Waals surface area contributed by atoms with Crippen LogP contribution in [-0.2, 0) is 16.0 Å². The van der Waals surface area contributed by atoms with Crippen LogP contribution in [0.4, 0.5) is 10.1 Å². The number of primary amides is 1. The van der Waals surface area contributed by atoms with Gasteiger partial charge in [0.05, 0.1) is 19.6 Å². The first kappa shape index (κ1) is 11.9. The quantitative estimate of drug-likeness (QED) is 0.843. The van der Waals surface area contributed by atoms with Gasteiger partial charge in [0.1, 0.15) is 5.82 Å². The molecule has 0 spiro atoms. The zero-order valence-electron chi connectivity index (χ0n) is 9.49. The van der Waals surface area contributed by atoms with Gasteiger partial charge in [0, 0.05) is 18.8 Å². The van der Waals surface area contributed by atoms with E-state index in [1.807, 2.05) is 4.90 Å². The second-order valence-corrected chi connectivity index (χ2v) is 4.02. The van der Waals surface area contributed by atoms with Crippen molar-refractivity contribution in [2.24, 2.45) is 5.73 Å². The Hall–Kier alpha value is -1.62. The molecule has 0 unspecified atom stereocenters. The summed E-state index contributed by atoms with van der Waals surface area (Å²) in [5.74, 6) is -0.717. The van der Waals surface area contributed by atoms with Gasteiger partial charge in [-0.3, -0.25) is 4.79 Å². The average Bonchev–Trinajstić information content (AvgIpc) is 2.32. The van der Waals surface area contributed by atoms with E-state index in [0.29, 0.717) is 26.3 Å². The molecular weight excluding hydrogens is 223 g/mol. The molecule has 4 nitrogen and oxygen atoms in total. The van der Waals surface area contributed by atoms with Crippen LogP contribution in [0.25, 0.3) is 0 Å². The van der Waals surface area contributed by atoms with Crippen molar-refractivity contribution in [2.45, 2.75) is 6.42 Å². The number of ether oxygens (including phenoxy) is 1. The summed E-state index contributed by atoms with van der Waals surface area (Å²) in [6, 6.07) is 4.41. The number of morpholine rings is 1. The zero-order chi connectivity index (χ0) is 12.3. The number of nitrogens with two attached hydrogens (primary N) is 1. The summed E-state index contributed by atoms with van der Waals surface area (Å²) < 4.78 is 18.5. The molecule has 17 heavy (non-hydrogen) atoms. The largest absolute Gasteiger partial charge is 0.378 e. The Bertz CT molecular complexity index is 417. The Morgan fingerprint density at radius 3 is 2.76 bits per heavy atom. The predicted molar refractivity (Wildman–Crippen MR) is 62.3 cm³/mol. The topological polar surface area (TPSA) is 55.6 Å². The third-order valence-electron chi connectivity index (χ3n) is 2.76. The number of halogens is 1. The Morgan fingerprint density at radius 1 is 1.41 bits per heavy atom. The molecule has 1 aliphatic heterocycles. The third kappa shape index (κ3) is 2.94. The third-order valence-corrected chi connectivity index (χ3v) is 2.76. The monoisotopic (exact) mass is 238 g/mol. The Kier molecular flexibility index (Phi) is 3.58. The van der Waals surface area contributed by atoms with E-state index in [1.165, 1.54) is 12.1 Å². The fourth-order valence-corrected chi connectivity index (χ4v) is 1.97. The van der Waals surface area contributed by atoms with Gasteiger partial charge in [-0.15, -0.1) is 0 Å². The van der Waals surface area contributed by atoms with Gasteiger partial charge in [0.2, 0.25) is 5.91 Å². The standard InChI is InChI=1S/C12H15FN2O2/c13-10-2-1-9(7-12(14)16)11(8-10)15-3-5-17-6-4-15/h1-2,8H,3-7H2,(H2,14,16). The highest BCUT2D eigenvalue weighted by Gasteiger charge is 2.16. The highest BCUT2D eigenvalue weighted by molar-refractivity contribution is 5.79. The van der Waals surface area contributed by atoms with Crippen LogP contribution in [0.3, 0.4) is 0 Å². The molecule has 5 heteroatoms. The van der Waals surface area contributed by atoms with Crippen molar-refractivity contribution in [3.8, 4) is 0 Å². The number of anilines is 1. The summed E-state index contributed by atoms with van der Waals surface area (Å²) in [4.78, 5) is 13.0. The first-order valence-electron chi connectivity index (χ1n) is 5.56. The van der Waals surface area contributed by atoms with Crippen LogP contribution >= 0.6 is 0 Å².